The van der Waals surface area contributed by atoms with Crippen LogP contribution in [0.15, 0.2) is 35.4 Å². The van der Waals surface area contributed by atoms with E-state index in [4.69, 9.17) is 9.47 Å². The van der Waals surface area contributed by atoms with Gasteiger partial charge in [-0.15, -0.1) is 0 Å². The number of hydrogen-bond donors (Lipinski definition) is 0. The summed E-state index contributed by atoms with van der Waals surface area (Å²) in [5.74, 6) is 0.280. The third-order valence-corrected chi connectivity index (χ3v) is 6.86. The molecule has 0 spiro atoms. The first-order valence-corrected chi connectivity index (χ1v) is 9.96. The highest BCUT2D eigenvalue weighted by molar-refractivity contribution is 7.89. The molecule has 2 aromatic rings. The van der Waals surface area contributed by atoms with Crippen molar-refractivity contribution < 1.29 is 22.7 Å². The van der Waals surface area contributed by atoms with Crippen LogP contribution in [0, 0.1) is 0 Å². The number of fused-ring (bicyclic) bond motifs is 1. The molecule has 2 fully saturated rings. The van der Waals surface area contributed by atoms with Crippen LogP contribution >= 0.6 is 0 Å². The van der Waals surface area contributed by atoms with Gasteiger partial charge in [0.15, 0.2) is 0 Å². The zero-order valence-electron chi connectivity index (χ0n) is 15.0. The maximum atomic E-state index is 13.3. The number of methoxy groups -OCH3 is 1. The van der Waals surface area contributed by atoms with E-state index in [1.165, 1.54) is 11.4 Å². The Hall–Kier alpha value is -2.59. The Balaban J connectivity index is 1.70. The normalized spacial score (nSPS) is 20.4. The van der Waals surface area contributed by atoms with Crippen LogP contribution in [0.5, 0.6) is 5.75 Å². The number of carbonyl (C=O) groups excluding carboxylic acids is 1. The fourth-order valence-corrected chi connectivity index (χ4v) is 5.16. The first kappa shape index (κ1) is 17.8. The molecule has 10 heteroatoms. The highest BCUT2D eigenvalue weighted by Crippen LogP contribution is 2.33. The van der Waals surface area contributed by atoms with Crippen LogP contribution < -0.4 is 4.74 Å². The molecule has 2 aliphatic heterocycles. The number of sulfonamides is 1. The average molecular weight is 392 g/mol. The number of hydrogen-bond acceptors (Lipinski definition) is 6. The van der Waals surface area contributed by atoms with Gasteiger partial charge in [0.25, 0.3) is 0 Å². The zero-order chi connectivity index (χ0) is 19.2. The maximum Gasteiger partial charge on any atom is 0.410 e. The Morgan fingerprint density at radius 2 is 2.07 bits per heavy atom. The number of aryl methyl sites for hydroxylation is 1. The predicted molar refractivity (Wildman–Crippen MR) is 95.8 cm³/mol. The van der Waals surface area contributed by atoms with E-state index < -0.39 is 10.0 Å². The molecule has 9 nitrogen and oxygen atoms in total. The van der Waals surface area contributed by atoms with Gasteiger partial charge in [0.1, 0.15) is 17.3 Å². The molecule has 0 radical (unpaired) electrons. The number of benzene rings is 1. The van der Waals surface area contributed by atoms with Crippen molar-refractivity contribution in [3.05, 3.63) is 30.5 Å². The van der Waals surface area contributed by atoms with Crippen molar-refractivity contribution in [2.45, 2.75) is 10.9 Å². The van der Waals surface area contributed by atoms with E-state index >= 15 is 0 Å². The molecule has 27 heavy (non-hydrogen) atoms. The number of amides is 1. The molecule has 1 amide bonds. The maximum absolute atomic E-state index is 13.3. The standard InChI is InChI=1S/C17H20N4O5S/c1-19-14(5-6-18-19)12-3-4-15(25-2)16(9-12)27(23,24)20-7-8-21-13(10-20)11-26-17(21)22/h3-6,9,13H,7-8,10-11H2,1-2H3. The molecule has 0 saturated carbocycles. The van der Waals surface area contributed by atoms with Crippen LogP contribution in [-0.2, 0) is 21.8 Å². The molecule has 3 heterocycles. The molecule has 2 aliphatic rings. The van der Waals surface area contributed by atoms with Crippen molar-refractivity contribution in [3.63, 3.8) is 0 Å². The Morgan fingerprint density at radius 1 is 1.26 bits per heavy atom. The quantitative estimate of drug-likeness (QED) is 0.768. The van der Waals surface area contributed by atoms with E-state index in [1.54, 1.807) is 41.0 Å². The minimum atomic E-state index is -3.80. The number of piperazine rings is 1. The van der Waals surface area contributed by atoms with Crippen LogP contribution in [0.4, 0.5) is 4.79 Å². The summed E-state index contributed by atoms with van der Waals surface area (Å²) in [6, 6.07) is 6.61. The topological polar surface area (TPSA) is 94.0 Å². The Labute approximate surface area is 157 Å². The minimum Gasteiger partial charge on any atom is -0.495 e. The largest absolute Gasteiger partial charge is 0.495 e. The fraction of sp³-hybridized carbons (Fsp3) is 0.412. The molecule has 1 atom stereocenters. The Bertz CT molecular complexity index is 987. The van der Waals surface area contributed by atoms with Gasteiger partial charge in [0.05, 0.1) is 18.8 Å². The summed E-state index contributed by atoms with van der Waals surface area (Å²) in [6.45, 7) is 0.934. The lowest BCUT2D eigenvalue weighted by Crippen LogP contribution is -2.53. The second-order valence-corrected chi connectivity index (χ2v) is 8.40. The molecule has 1 aromatic heterocycles. The summed E-state index contributed by atoms with van der Waals surface area (Å²) in [5, 5.41) is 4.13. The SMILES string of the molecule is COc1ccc(-c2ccnn2C)cc1S(=O)(=O)N1CCN2C(=O)OCC2C1. The van der Waals surface area contributed by atoms with Gasteiger partial charge < -0.3 is 9.47 Å². The van der Waals surface area contributed by atoms with Gasteiger partial charge in [0.2, 0.25) is 10.0 Å². The molecule has 0 N–H and O–H groups in total. The molecular weight excluding hydrogens is 372 g/mol. The zero-order valence-corrected chi connectivity index (χ0v) is 15.8. The summed E-state index contributed by atoms with van der Waals surface area (Å²) in [7, 11) is -0.563. The number of nitrogens with zero attached hydrogens (tertiary/aromatic N) is 4. The van der Waals surface area contributed by atoms with Crippen molar-refractivity contribution >= 4 is 16.1 Å². The Morgan fingerprint density at radius 3 is 2.78 bits per heavy atom. The van der Waals surface area contributed by atoms with Gasteiger partial charge in [-0.05, 0) is 24.3 Å². The molecule has 1 aromatic carbocycles. The summed E-state index contributed by atoms with van der Waals surface area (Å²) in [4.78, 5) is 13.3. The second kappa shape index (κ2) is 6.54. The van der Waals surface area contributed by atoms with Gasteiger partial charge >= 0.3 is 6.09 Å². The van der Waals surface area contributed by atoms with Crippen molar-refractivity contribution in [2.75, 3.05) is 33.4 Å². The van der Waals surface area contributed by atoms with Gasteiger partial charge in [-0.25, -0.2) is 13.2 Å². The van der Waals surface area contributed by atoms with Crippen molar-refractivity contribution in [1.82, 2.24) is 19.0 Å². The molecule has 1 unspecified atom stereocenters. The number of rotatable bonds is 4. The van der Waals surface area contributed by atoms with Crippen molar-refractivity contribution in [2.24, 2.45) is 7.05 Å². The van der Waals surface area contributed by atoms with Gasteiger partial charge in [-0.2, -0.15) is 9.40 Å². The van der Waals surface area contributed by atoms with Gasteiger partial charge in [-0.3, -0.25) is 9.58 Å². The fourth-order valence-electron chi connectivity index (χ4n) is 3.51. The van der Waals surface area contributed by atoms with E-state index in [-0.39, 0.29) is 42.5 Å². The summed E-state index contributed by atoms with van der Waals surface area (Å²) < 4.78 is 40.1. The summed E-state index contributed by atoms with van der Waals surface area (Å²) in [5.41, 5.74) is 1.53. The van der Waals surface area contributed by atoms with E-state index in [9.17, 15) is 13.2 Å². The van der Waals surface area contributed by atoms with E-state index in [0.717, 1.165) is 11.3 Å². The first-order chi connectivity index (χ1) is 12.9. The van der Waals surface area contributed by atoms with Crippen LogP contribution in [0.3, 0.4) is 0 Å². The number of cyclic esters (lactones) is 1. The van der Waals surface area contributed by atoms with Gasteiger partial charge in [-0.1, -0.05) is 0 Å². The lowest BCUT2D eigenvalue weighted by molar-refractivity contribution is 0.147. The lowest BCUT2D eigenvalue weighted by Gasteiger charge is -2.34. The molecule has 2 saturated heterocycles. The molecule has 0 bridgehead atoms. The first-order valence-electron chi connectivity index (χ1n) is 8.52. The van der Waals surface area contributed by atoms with E-state index in [2.05, 4.69) is 5.10 Å². The van der Waals surface area contributed by atoms with Crippen LogP contribution in [-0.4, -0.2) is 72.9 Å². The summed E-state index contributed by atoms with van der Waals surface area (Å²) in [6.07, 6.45) is 1.28. The summed E-state index contributed by atoms with van der Waals surface area (Å²) >= 11 is 0. The minimum absolute atomic E-state index is 0.0994. The van der Waals surface area contributed by atoms with Crippen LogP contribution in [0.1, 0.15) is 0 Å². The Kier molecular flexibility index (Phi) is 4.31. The smallest absolute Gasteiger partial charge is 0.410 e. The molecule has 0 aliphatic carbocycles. The van der Waals surface area contributed by atoms with E-state index in [0.29, 0.717) is 6.54 Å². The van der Waals surface area contributed by atoms with Crippen molar-refractivity contribution in [1.29, 1.82) is 0 Å². The van der Waals surface area contributed by atoms with E-state index in [1.807, 2.05) is 6.07 Å². The number of ether oxygens (including phenoxy) is 2. The average Bonchev–Trinajstić information content (AvgIpc) is 3.26. The highest BCUT2D eigenvalue weighted by atomic mass is 32.2. The third-order valence-electron chi connectivity index (χ3n) is 4.98. The predicted octanol–water partition coefficient (Wildman–Crippen LogP) is 0.921. The third kappa shape index (κ3) is 2.94. The monoisotopic (exact) mass is 392 g/mol. The molecule has 4 rings (SSSR count). The number of aromatic nitrogens is 2. The van der Waals surface area contributed by atoms with Crippen LogP contribution in [0.2, 0.25) is 0 Å². The molecular formula is C17H20N4O5S. The highest BCUT2D eigenvalue weighted by Gasteiger charge is 2.41. The number of carbonyl (C=O) groups is 1. The lowest BCUT2D eigenvalue weighted by atomic mass is 10.1. The van der Waals surface area contributed by atoms with Crippen molar-refractivity contribution in [3.8, 4) is 17.0 Å². The second-order valence-electron chi connectivity index (χ2n) is 6.49. The van der Waals surface area contributed by atoms with Crippen LogP contribution in [0.25, 0.3) is 11.3 Å². The molecule has 144 valence electrons. The van der Waals surface area contributed by atoms with Gasteiger partial charge in [0, 0.05) is 38.4 Å².